The number of carbonyl (C=O) groups is 3. The normalized spacial score (nSPS) is 29.5. The van der Waals surface area contributed by atoms with Crippen LogP contribution in [0.1, 0.15) is 64.7 Å². The van der Waals surface area contributed by atoms with Crippen molar-refractivity contribution >= 4 is 17.3 Å². The summed E-state index contributed by atoms with van der Waals surface area (Å²) >= 11 is 0. The molecule has 19 heavy (non-hydrogen) atoms. The number of hydrogen-bond acceptors (Lipinski definition) is 3. The van der Waals surface area contributed by atoms with E-state index in [1.54, 1.807) is 0 Å². The van der Waals surface area contributed by atoms with Gasteiger partial charge in [0.15, 0.2) is 17.3 Å². The zero-order chi connectivity index (χ0) is 13.8. The molecule has 0 N–H and O–H groups in total. The Morgan fingerprint density at radius 1 is 1.00 bits per heavy atom. The maximum Gasteiger partial charge on any atom is 0.151 e. The molecule has 0 atom stereocenters. The van der Waals surface area contributed by atoms with E-state index in [0.717, 1.165) is 12.8 Å². The summed E-state index contributed by atoms with van der Waals surface area (Å²) in [7, 11) is 0. The minimum atomic E-state index is -0.917. The summed E-state index contributed by atoms with van der Waals surface area (Å²) < 4.78 is 0. The minimum absolute atomic E-state index is 0.106. The molecule has 0 aromatic rings. The van der Waals surface area contributed by atoms with Crippen molar-refractivity contribution < 1.29 is 14.4 Å². The number of Topliss-reactive ketones (excluding diaryl/α,β-unsaturated/α-hetero) is 3. The highest BCUT2D eigenvalue weighted by Crippen LogP contribution is 2.37. The molecule has 0 amide bonds. The Hall–Kier alpha value is -0.990. The van der Waals surface area contributed by atoms with Gasteiger partial charge in [-0.2, -0.15) is 0 Å². The van der Waals surface area contributed by atoms with E-state index >= 15 is 0 Å². The van der Waals surface area contributed by atoms with E-state index in [4.69, 9.17) is 0 Å². The van der Waals surface area contributed by atoms with Gasteiger partial charge in [-0.05, 0) is 18.3 Å². The molecule has 0 unspecified atom stereocenters. The van der Waals surface area contributed by atoms with E-state index in [-0.39, 0.29) is 23.3 Å². The molecule has 3 heteroatoms. The Bertz CT molecular complexity index is 348. The first-order chi connectivity index (χ1) is 9.13. The monoisotopic (exact) mass is 264 g/mol. The van der Waals surface area contributed by atoms with Crippen LogP contribution in [0.3, 0.4) is 0 Å². The highest BCUT2D eigenvalue weighted by molar-refractivity contribution is 6.20. The number of hydrogen-bond donors (Lipinski definition) is 0. The average Bonchev–Trinajstić information content (AvgIpc) is 2.39. The Balaban J connectivity index is 1.99. The molecule has 0 heterocycles. The lowest BCUT2D eigenvalue weighted by molar-refractivity contribution is -0.144. The number of carbonyl (C=O) groups excluding carboxylic acids is 3. The fourth-order valence-electron chi connectivity index (χ4n) is 3.69. The van der Waals surface area contributed by atoms with Crippen LogP contribution in [-0.2, 0) is 14.4 Å². The second-order valence-corrected chi connectivity index (χ2v) is 6.15. The van der Waals surface area contributed by atoms with E-state index in [2.05, 4.69) is 0 Å². The molecule has 2 aliphatic rings. The van der Waals surface area contributed by atoms with Gasteiger partial charge in [-0.1, -0.05) is 39.0 Å². The lowest BCUT2D eigenvalue weighted by Gasteiger charge is -2.33. The quantitative estimate of drug-likeness (QED) is 0.733. The summed E-state index contributed by atoms with van der Waals surface area (Å²) in [5.41, 5.74) is 0. The summed E-state index contributed by atoms with van der Waals surface area (Å²) in [5.74, 6) is -0.537. The van der Waals surface area contributed by atoms with Gasteiger partial charge in [-0.25, -0.2) is 0 Å². The molecule has 2 rings (SSSR count). The molecular formula is C16H24O3. The van der Waals surface area contributed by atoms with E-state index in [1.807, 2.05) is 6.92 Å². The van der Waals surface area contributed by atoms with Crippen molar-refractivity contribution in [3.63, 3.8) is 0 Å². The number of ketones is 3. The molecule has 0 spiro atoms. The fraction of sp³-hybridized carbons (Fsp3) is 0.812. The second kappa shape index (κ2) is 6.44. The number of rotatable bonds is 4. The minimum Gasteiger partial charge on any atom is -0.298 e. The third-order valence-corrected chi connectivity index (χ3v) is 4.71. The maximum absolute atomic E-state index is 12.1. The Kier molecular flexibility index (Phi) is 4.89. The summed E-state index contributed by atoms with van der Waals surface area (Å²) in [6.45, 7) is 1.90. The van der Waals surface area contributed by atoms with Gasteiger partial charge in [0.25, 0.3) is 0 Å². The molecule has 0 aromatic carbocycles. The van der Waals surface area contributed by atoms with Crippen LogP contribution in [0.15, 0.2) is 0 Å². The second-order valence-electron chi connectivity index (χ2n) is 6.15. The van der Waals surface area contributed by atoms with E-state index in [0.29, 0.717) is 31.6 Å². The maximum atomic E-state index is 12.1. The smallest absolute Gasteiger partial charge is 0.151 e. The SMILES string of the molecule is CCCC(=O)C1C(=O)CC(C2CCCCC2)CC1=O. The third-order valence-electron chi connectivity index (χ3n) is 4.71. The predicted molar refractivity (Wildman–Crippen MR) is 72.7 cm³/mol. The van der Waals surface area contributed by atoms with Crippen LogP contribution in [0.4, 0.5) is 0 Å². The molecule has 0 saturated heterocycles. The Morgan fingerprint density at radius 3 is 2.11 bits per heavy atom. The van der Waals surface area contributed by atoms with Crippen molar-refractivity contribution in [3.8, 4) is 0 Å². The van der Waals surface area contributed by atoms with Gasteiger partial charge in [0.05, 0.1) is 0 Å². The summed E-state index contributed by atoms with van der Waals surface area (Å²) in [5, 5.41) is 0. The molecule has 3 nitrogen and oxygen atoms in total. The molecule has 106 valence electrons. The van der Waals surface area contributed by atoms with Gasteiger partial charge in [0.1, 0.15) is 5.92 Å². The fourth-order valence-corrected chi connectivity index (χ4v) is 3.69. The van der Waals surface area contributed by atoms with Gasteiger partial charge in [0.2, 0.25) is 0 Å². The average molecular weight is 264 g/mol. The van der Waals surface area contributed by atoms with Gasteiger partial charge >= 0.3 is 0 Å². The first-order valence-electron chi connectivity index (χ1n) is 7.71. The molecule has 2 saturated carbocycles. The van der Waals surface area contributed by atoms with Crippen molar-refractivity contribution in [2.75, 3.05) is 0 Å². The Labute approximate surface area is 115 Å². The van der Waals surface area contributed by atoms with Crippen molar-refractivity contribution in [3.05, 3.63) is 0 Å². The standard InChI is InChI=1S/C16H24O3/c1-2-6-13(17)16-14(18)9-12(10-15(16)19)11-7-4-3-5-8-11/h11-12,16H,2-10H2,1H3. The lowest BCUT2D eigenvalue weighted by atomic mass is 9.69. The highest BCUT2D eigenvalue weighted by Gasteiger charge is 2.41. The van der Waals surface area contributed by atoms with Gasteiger partial charge in [-0.15, -0.1) is 0 Å². The van der Waals surface area contributed by atoms with Crippen LogP contribution in [0.5, 0.6) is 0 Å². The topological polar surface area (TPSA) is 51.2 Å². The molecule has 0 aromatic heterocycles. The molecule has 2 aliphatic carbocycles. The Morgan fingerprint density at radius 2 is 1.58 bits per heavy atom. The van der Waals surface area contributed by atoms with Crippen LogP contribution in [-0.4, -0.2) is 17.3 Å². The molecule has 0 bridgehead atoms. The summed E-state index contributed by atoms with van der Waals surface area (Å²) in [4.78, 5) is 36.1. The van der Waals surface area contributed by atoms with Crippen LogP contribution in [0.25, 0.3) is 0 Å². The van der Waals surface area contributed by atoms with Crippen molar-refractivity contribution in [2.45, 2.75) is 64.7 Å². The van der Waals surface area contributed by atoms with Crippen LogP contribution in [0, 0.1) is 17.8 Å². The first-order valence-corrected chi connectivity index (χ1v) is 7.71. The van der Waals surface area contributed by atoms with Crippen LogP contribution >= 0.6 is 0 Å². The third kappa shape index (κ3) is 3.31. The van der Waals surface area contributed by atoms with E-state index < -0.39 is 5.92 Å². The van der Waals surface area contributed by atoms with Gasteiger partial charge < -0.3 is 0 Å². The lowest BCUT2D eigenvalue weighted by Crippen LogP contribution is -2.40. The van der Waals surface area contributed by atoms with Crippen molar-refractivity contribution in [1.82, 2.24) is 0 Å². The van der Waals surface area contributed by atoms with Gasteiger partial charge in [0, 0.05) is 19.3 Å². The zero-order valence-electron chi connectivity index (χ0n) is 11.8. The molecular weight excluding hydrogens is 240 g/mol. The molecule has 0 radical (unpaired) electrons. The molecule has 2 fully saturated rings. The van der Waals surface area contributed by atoms with E-state index in [9.17, 15) is 14.4 Å². The molecule has 0 aliphatic heterocycles. The highest BCUT2D eigenvalue weighted by atomic mass is 16.2. The summed E-state index contributed by atoms with van der Waals surface area (Å²) in [6, 6.07) is 0. The largest absolute Gasteiger partial charge is 0.298 e. The van der Waals surface area contributed by atoms with Crippen LogP contribution < -0.4 is 0 Å². The van der Waals surface area contributed by atoms with E-state index in [1.165, 1.54) is 19.3 Å². The van der Waals surface area contributed by atoms with Gasteiger partial charge in [-0.3, -0.25) is 14.4 Å². The zero-order valence-corrected chi connectivity index (χ0v) is 11.8. The predicted octanol–water partition coefficient (Wildman–Crippen LogP) is 3.10. The summed E-state index contributed by atoms with van der Waals surface area (Å²) in [6.07, 6.45) is 8.01. The first kappa shape index (κ1) is 14.4. The van der Waals surface area contributed by atoms with Crippen LogP contribution in [0.2, 0.25) is 0 Å². The van der Waals surface area contributed by atoms with Crippen molar-refractivity contribution in [2.24, 2.45) is 17.8 Å². The van der Waals surface area contributed by atoms with Crippen molar-refractivity contribution in [1.29, 1.82) is 0 Å².